The van der Waals surface area contributed by atoms with Crippen molar-refractivity contribution in [3.05, 3.63) is 33.8 Å². The zero-order valence-electron chi connectivity index (χ0n) is 11.9. The molecule has 0 fully saturated rings. The van der Waals surface area contributed by atoms with Gasteiger partial charge in [-0.05, 0) is 29.3 Å². The van der Waals surface area contributed by atoms with Crippen molar-refractivity contribution < 1.29 is 4.79 Å². The van der Waals surface area contributed by atoms with Crippen molar-refractivity contribution in [3.8, 4) is 0 Å². The van der Waals surface area contributed by atoms with Crippen LogP contribution < -0.4 is 5.32 Å². The van der Waals surface area contributed by atoms with E-state index in [1.54, 1.807) is 10.9 Å². The molecule has 1 atom stereocenters. The smallest absolute Gasteiger partial charge is 0.245 e. The van der Waals surface area contributed by atoms with Gasteiger partial charge in [0, 0.05) is 18.9 Å². The Morgan fingerprint density at radius 2 is 2.24 bits per heavy atom. The second-order valence-electron chi connectivity index (χ2n) is 4.56. The minimum absolute atomic E-state index is 0.102. The minimum atomic E-state index is -0.371. The van der Waals surface area contributed by atoms with Crippen molar-refractivity contribution in [2.45, 2.75) is 39.4 Å². The van der Waals surface area contributed by atoms with E-state index in [4.69, 9.17) is 11.6 Å². The van der Waals surface area contributed by atoms with Crippen molar-refractivity contribution in [2.75, 3.05) is 0 Å². The number of hydrogen-bond donors (Lipinski definition) is 1. The predicted octanol–water partition coefficient (Wildman–Crippen LogP) is 2.78. The first-order chi connectivity index (χ1) is 10.0. The van der Waals surface area contributed by atoms with Crippen LogP contribution in [0, 0.1) is 0 Å². The highest BCUT2D eigenvalue weighted by Gasteiger charge is 2.19. The molecular weight excluding hydrogens is 358 g/mol. The summed E-state index contributed by atoms with van der Waals surface area (Å²) in [5.41, 5.74) is 0.804. The summed E-state index contributed by atoms with van der Waals surface area (Å²) in [5.74, 6) is -0.102. The molecule has 6 nitrogen and oxygen atoms in total. The van der Waals surface area contributed by atoms with Crippen molar-refractivity contribution >= 4 is 33.4 Å². The lowest BCUT2D eigenvalue weighted by Crippen LogP contribution is -2.32. The lowest BCUT2D eigenvalue weighted by atomic mass is 10.2. The molecular formula is C13H17BrClN5O. The van der Waals surface area contributed by atoms with Crippen LogP contribution >= 0.6 is 27.5 Å². The second-order valence-corrected chi connectivity index (χ2v) is 5.85. The number of carbonyl (C=O) groups is 1. The van der Waals surface area contributed by atoms with E-state index in [0.29, 0.717) is 18.0 Å². The quantitative estimate of drug-likeness (QED) is 0.845. The molecule has 0 aliphatic carbocycles. The van der Waals surface area contributed by atoms with E-state index in [9.17, 15) is 4.79 Å². The van der Waals surface area contributed by atoms with Crippen molar-refractivity contribution in [2.24, 2.45) is 0 Å². The van der Waals surface area contributed by atoms with Crippen LogP contribution in [0.1, 0.15) is 32.0 Å². The highest BCUT2D eigenvalue weighted by Crippen LogP contribution is 2.17. The number of nitrogens with zero attached hydrogens (tertiary/aromatic N) is 4. The maximum absolute atomic E-state index is 12.3. The van der Waals surface area contributed by atoms with E-state index in [2.05, 4.69) is 31.4 Å². The minimum Gasteiger partial charge on any atom is -0.348 e. The molecule has 1 N–H and O–H groups in total. The summed E-state index contributed by atoms with van der Waals surface area (Å²) in [4.78, 5) is 12.3. The molecule has 0 aromatic carbocycles. The van der Waals surface area contributed by atoms with E-state index in [-0.39, 0.29) is 11.9 Å². The molecule has 2 rings (SSSR count). The molecule has 0 radical (unpaired) electrons. The number of hydrogen-bond acceptors (Lipinski definition) is 3. The van der Waals surface area contributed by atoms with Gasteiger partial charge in [-0.1, -0.05) is 18.5 Å². The fourth-order valence-corrected chi connectivity index (χ4v) is 2.58. The molecule has 2 heterocycles. The fourth-order valence-electron chi connectivity index (χ4n) is 1.99. The molecule has 114 valence electrons. The fraction of sp³-hybridized carbons (Fsp3) is 0.462. The average Bonchev–Trinajstić information content (AvgIpc) is 3.04. The second kappa shape index (κ2) is 7.09. The molecule has 0 aliphatic rings. The molecule has 21 heavy (non-hydrogen) atoms. The van der Waals surface area contributed by atoms with Gasteiger partial charge in [-0.25, -0.2) is 0 Å². The number of nitrogens with one attached hydrogen (secondary N) is 1. The molecule has 0 aliphatic heterocycles. The number of halogens is 2. The lowest BCUT2D eigenvalue weighted by Gasteiger charge is -2.15. The average molecular weight is 375 g/mol. The van der Waals surface area contributed by atoms with Crippen molar-refractivity contribution in [1.29, 1.82) is 0 Å². The molecule has 0 saturated heterocycles. The molecule has 2 aromatic heterocycles. The van der Waals surface area contributed by atoms with Crippen LogP contribution in [0.5, 0.6) is 0 Å². The highest BCUT2D eigenvalue weighted by atomic mass is 79.9. The van der Waals surface area contributed by atoms with Crippen LogP contribution in [0.3, 0.4) is 0 Å². The van der Waals surface area contributed by atoms with Gasteiger partial charge in [0.25, 0.3) is 0 Å². The molecule has 0 spiro atoms. The summed E-state index contributed by atoms with van der Waals surface area (Å²) in [6, 6.07) is -0.371. The van der Waals surface area contributed by atoms with E-state index >= 15 is 0 Å². The van der Waals surface area contributed by atoms with Gasteiger partial charge < -0.3 is 5.32 Å². The molecule has 1 unspecified atom stereocenters. The Bertz CT molecular complexity index is 624. The number of aryl methyl sites for hydroxylation is 1. The van der Waals surface area contributed by atoms with Crippen LogP contribution in [0.25, 0.3) is 0 Å². The SMILES string of the molecule is CCC(C(=O)NCc1nn(CC)cc1Br)n1cc(Cl)cn1. The first-order valence-electron chi connectivity index (χ1n) is 6.74. The monoisotopic (exact) mass is 373 g/mol. The third-order valence-electron chi connectivity index (χ3n) is 3.12. The Kier molecular flexibility index (Phi) is 5.41. The first kappa shape index (κ1) is 16.0. The Morgan fingerprint density at radius 3 is 2.76 bits per heavy atom. The van der Waals surface area contributed by atoms with Gasteiger partial charge in [0.15, 0.2) is 0 Å². The van der Waals surface area contributed by atoms with Gasteiger partial charge in [0.1, 0.15) is 6.04 Å². The highest BCUT2D eigenvalue weighted by molar-refractivity contribution is 9.10. The molecule has 0 bridgehead atoms. The normalized spacial score (nSPS) is 12.4. The summed E-state index contributed by atoms with van der Waals surface area (Å²) in [7, 11) is 0. The van der Waals surface area contributed by atoms with Crippen LogP contribution in [0.15, 0.2) is 23.1 Å². The van der Waals surface area contributed by atoms with Gasteiger partial charge >= 0.3 is 0 Å². The Hall–Kier alpha value is -1.34. The Morgan fingerprint density at radius 1 is 1.48 bits per heavy atom. The maximum atomic E-state index is 12.3. The number of aromatic nitrogens is 4. The lowest BCUT2D eigenvalue weighted by molar-refractivity contribution is -0.124. The van der Waals surface area contributed by atoms with Gasteiger partial charge in [0.05, 0.1) is 27.9 Å². The number of carbonyl (C=O) groups excluding carboxylic acids is 1. The largest absolute Gasteiger partial charge is 0.348 e. The summed E-state index contributed by atoms with van der Waals surface area (Å²) < 4.78 is 4.29. The molecule has 1 amide bonds. The van der Waals surface area contributed by atoms with E-state index < -0.39 is 0 Å². The topological polar surface area (TPSA) is 64.7 Å². The Labute approximate surface area is 136 Å². The van der Waals surface area contributed by atoms with Gasteiger partial charge in [-0.3, -0.25) is 14.2 Å². The number of rotatable bonds is 6. The van der Waals surface area contributed by atoms with E-state index in [1.165, 1.54) is 6.20 Å². The summed E-state index contributed by atoms with van der Waals surface area (Å²) in [6.07, 6.45) is 5.70. The van der Waals surface area contributed by atoms with Crippen LogP contribution in [0.4, 0.5) is 0 Å². The molecule has 0 saturated carbocycles. The molecule has 8 heteroatoms. The summed E-state index contributed by atoms with van der Waals surface area (Å²) in [6.45, 7) is 5.10. The zero-order chi connectivity index (χ0) is 15.4. The van der Waals surface area contributed by atoms with Crippen LogP contribution in [0.2, 0.25) is 5.02 Å². The number of amides is 1. The molecule has 2 aromatic rings. The third-order valence-corrected chi connectivity index (χ3v) is 3.98. The maximum Gasteiger partial charge on any atom is 0.245 e. The summed E-state index contributed by atoms with van der Waals surface area (Å²) >= 11 is 9.29. The standard InChI is InChI=1S/C13H17BrClN5O/c1-3-12(20-7-9(15)5-17-20)13(21)16-6-11-10(14)8-19(4-2)18-11/h5,7-8,12H,3-4,6H2,1-2H3,(H,16,21). The van der Waals surface area contributed by atoms with E-state index in [0.717, 1.165) is 16.7 Å². The predicted molar refractivity (Wildman–Crippen MR) is 84.0 cm³/mol. The van der Waals surface area contributed by atoms with Crippen LogP contribution in [-0.4, -0.2) is 25.5 Å². The van der Waals surface area contributed by atoms with E-state index in [1.807, 2.05) is 24.7 Å². The van der Waals surface area contributed by atoms with Crippen molar-refractivity contribution in [1.82, 2.24) is 24.9 Å². The third kappa shape index (κ3) is 3.85. The van der Waals surface area contributed by atoms with Crippen molar-refractivity contribution in [3.63, 3.8) is 0 Å². The first-order valence-corrected chi connectivity index (χ1v) is 7.91. The van der Waals surface area contributed by atoms with Crippen LogP contribution in [-0.2, 0) is 17.9 Å². The van der Waals surface area contributed by atoms with Gasteiger partial charge in [-0.2, -0.15) is 10.2 Å². The van der Waals surface area contributed by atoms with Gasteiger partial charge in [0.2, 0.25) is 5.91 Å². The van der Waals surface area contributed by atoms with Gasteiger partial charge in [-0.15, -0.1) is 0 Å². The Balaban J connectivity index is 2.01. The zero-order valence-corrected chi connectivity index (χ0v) is 14.2. The summed E-state index contributed by atoms with van der Waals surface area (Å²) in [5, 5.41) is 11.9.